The third-order valence-electron chi connectivity index (χ3n) is 0.826. The molecule has 0 fully saturated rings. The monoisotopic (exact) mass is 130 g/mol. The van der Waals surface area contributed by atoms with Crippen molar-refractivity contribution in [2.75, 3.05) is 13.7 Å². The Morgan fingerprint density at radius 1 is 2.00 bits per heavy atom. The number of aliphatic hydroxyl groups excluding tert-OH is 1. The Balaban J connectivity index is 3.84. The molecule has 0 aromatic rings. The Labute approximate surface area is 52.9 Å². The van der Waals surface area contributed by atoms with Crippen molar-refractivity contribution in [3.05, 3.63) is 4.85 Å². The van der Waals surface area contributed by atoms with Crippen LogP contribution in [0, 0.1) is 6.57 Å². The molecule has 1 atom stereocenters. The predicted octanol–water partition coefficient (Wildman–Crippen LogP) is -0.517. The van der Waals surface area contributed by atoms with Crippen LogP contribution in [-0.4, -0.2) is 30.8 Å². The van der Waals surface area contributed by atoms with Crippen LogP contribution in [0.5, 0.6) is 0 Å². The van der Waals surface area contributed by atoms with E-state index in [1.54, 1.807) is 0 Å². The number of hydrogen-bond acceptors (Lipinski definition) is 3. The normalized spacial score (nSPS) is 11.7. The van der Waals surface area contributed by atoms with Crippen LogP contribution < -0.4 is 0 Å². The van der Waals surface area contributed by atoms with E-state index in [4.69, 9.17) is 11.7 Å². The zero-order valence-electron chi connectivity index (χ0n) is 5.07. The number of rotatable bonds is 2. The minimum atomic E-state index is -0.935. The molecule has 1 N–H and O–H groups in total. The highest BCUT2D eigenvalue weighted by atomic mass is 16.5. The van der Waals surface area contributed by atoms with Crippen LogP contribution in [0.1, 0.15) is 0 Å². The maximum Gasteiger partial charge on any atom is 0.397 e. The van der Waals surface area contributed by atoms with Crippen molar-refractivity contribution in [2.24, 2.45) is 0 Å². The largest absolute Gasteiger partial charge is 0.463 e. The van der Waals surface area contributed by atoms with Crippen LogP contribution in [-0.2, 0) is 9.53 Å². The smallest absolute Gasteiger partial charge is 0.397 e. The fourth-order valence-electron chi connectivity index (χ4n) is 0.319. The Kier molecular flexibility index (Phi) is 3.40. The summed E-state index contributed by atoms with van der Waals surface area (Å²) in [5, 5.41) is 8.35. The maximum absolute atomic E-state index is 10.4. The summed E-state index contributed by atoms with van der Waals surface area (Å²) in [6.45, 7) is 4.31. The molecule has 0 rings (SSSR count). The molecule has 0 radical (unpaired) electrons. The molecule has 0 aromatic heterocycles. The van der Waals surface area contributed by atoms with Crippen molar-refractivity contribution < 1.29 is 14.6 Å². The Hall–Kier alpha value is -1.08. The zero-order valence-corrected chi connectivity index (χ0v) is 5.07. The van der Waals surface area contributed by atoms with Gasteiger partial charge in [0.1, 0.15) is 6.61 Å². The van der Waals surface area contributed by atoms with Gasteiger partial charge in [-0.15, -0.1) is 0 Å². The lowest BCUT2D eigenvalue weighted by atomic mass is 10.3. The summed E-state index contributed by atoms with van der Waals surface area (Å²) in [6.07, 6.45) is 0. The second kappa shape index (κ2) is 3.87. The first-order valence-corrected chi connectivity index (χ1v) is 2.35. The van der Waals surface area contributed by atoms with Gasteiger partial charge in [-0.25, -0.2) is 4.79 Å². The highest BCUT2D eigenvalue weighted by Crippen LogP contribution is 1.90. The highest BCUT2D eigenvalue weighted by Gasteiger charge is 2.26. The molecule has 0 amide bonds. The van der Waals surface area contributed by atoms with Gasteiger partial charge in [-0.1, -0.05) is 4.85 Å². The molecule has 0 saturated carbocycles. The molecule has 50 valence electrons. The second-order valence-electron chi connectivity index (χ2n) is 1.37. The fraction of sp³-hybridized carbons (Fsp3) is 0.600. The summed E-state index contributed by atoms with van der Waals surface area (Å²) in [7, 11) is 1.20. The molecule has 0 saturated heterocycles. The lowest BCUT2D eigenvalue weighted by molar-refractivity contribution is -0.141. The number of hydrogen-bond donors (Lipinski definition) is 1. The Bertz CT molecular complexity index is 138. The number of ether oxygens (including phenoxy) is 1. The van der Waals surface area contributed by atoms with E-state index < -0.39 is 18.6 Å². The Morgan fingerprint density at radius 3 is 2.67 bits per heavy atom. The summed E-state index contributed by atoms with van der Waals surface area (Å²) < 4.78 is 4.22. The fourth-order valence-corrected chi connectivity index (χ4v) is 0.319. The van der Waals surface area contributed by atoms with Gasteiger partial charge in [-0.3, -0.25) is 0 Å². The number of esters is 1. The van der Waals surface area contributed by atoms with Crippen LogP contribution in [0.2, 0.25) is 0 Å². The van der Waals surface area contributed by atoms with Gasteiger partial charge in [-0.2, -0.15) is 0 Å². The van der Waals surface area contributed by atoms with Gasteiger partial charge in [0.25, 0.3) is 6.57 Å². The van der Waals surface area contributed by atoms with Crippen molar-refractivity contribution in [1.29, 1.82) is 0 Å². The minimum absolute atomic E-state index is 0.414. The van der Waals surface area contributed by atoms with E-state index in [9.17, 15) is 4.79 Å². The standard InChI is InChI=1S/C5H8NO3/c1-6-4(3-7)5(8)9-2/h1,4,7H,3H2,2H3/q+1. The first-order chi connectivity index (χ1) is 4.26. The van der Waals surface area contributed by atoms with Gasteiger partial charge >= 0.3 is 12.0 Å². The van der Waals surface area contributed by atoms with Gasteiger partial charge < -0.3 is 9.84 Å². The summed E-state index contributed by atoms with van der Waals surface area (Å²) in [4.78, 5) is 13.5. The summed E-state index contributed by atoms with van der Waals surface area (Å²) in [5.41, 5.74) is 0. The average Bonchev–Trinajstić information content (AvgIpc) is 1.90. The summed E-state index contributed by atoms with van der Waals surface area (Å²) in [6, 6.07) is -0.935. The van der Waals surface area contributed by atoms with Gasteiger partial charge in [-0.05, 0) is 0 Å². The van der Waals surface area contributed by atoms with Crippen molar-refractivity contribution in [2.45, 2.75) is 6.04 Å². The average molecular weight is 130 g/mol. The second-order valence-corrected chi connectivity index (χ2v) is 1.37. The molecule has 0 bridgehead atoms. The zero-order chi connectivity index (χ0) is 7.28. The molecule has 0 aliphatic rings. The van der Waals surface area contributed by atoms with Gasteiger partial charge in [0.15, 0.2) is 0 Å². The van der Waals surface area contributed by atoms with E-state index in [0.717, 1.165) is 0 Å². The van der Waals surface area contributed by atoms with Crippen molar-refractivity contribution in [1.82, 2.24) is 0 Å². The van der Waals surface area contributed by atoms with E-state index in [1.165, 1.54) is 7.11 Å². The molecule has 9 heavy (non-hydrogen) atoms. The summed E-state index contributed by atoms with van der Waals surface area (Å²) >= 11 is 0. The SMILES string of the molecule is C#[N+]C(CO)C(=O)OC. The molecule has 4 nitrogen and oxygen atoms in total. The summed E-state index contributed by atoms with van der Waals surface area (Å²) in [5.74, 6) is -0.625. The van der Waals surface area contributed by atoms with Gasteiger partial charge in [0.2, 0.25) is 0 Å². The molecule has 0 aromatic carbocycles. The van der Waals surface area contributed by atoms with Gasteiger partial charge in [0, 0.05) is 0 Å². The van der Waals surface area contributed by atoms with Crippen molar-refractivity contribution >= 4 is 5.97 Å². The van der Waals surface area contributed by atoms with Crippen molar-refractivity contribution in [3.63, 3.8) is 0 Å². The number of aliphatic hydroxyl groups is 1. The third-order valence-corrected chi connectivity index (χ3v) is 0.826. The van der Waals surface area contributed by atoms with E-state index in [-0.39, 0.29) is 0 Å². The predicted molar refractivity (Wildman–Crippen MR) is 31.2 cm³/mol. The van der Waals surface area contributed by atoms with Crippen LogP contribution in [0.4, 0.5) is 0 Å². The first-order valence-electron chi connectivity index (χ1n) is 2.35. The number of nitrogens with zero attached hydrogens (tertiary/aromatic N) is 1. The molecule has 1 unspecified atom stereocenters. The molecule has 0 aliphatic heterocycles. The lowest BCUT2D eigenvalue weighted by Gasteiger charge is -1.92. The van der Waals surface area contributed by atoms with Crippen LogP contribution in [0.3, 0.4) is 0 Å². The van der Waals surface area contributed by atoms with E-state index >= 15 is 0 Å². The minimum Gasteiger partial charge on any atom is -0.463 e. The van der Waals surface area contributed by atoms with Crippen LogP contribution >= 0.6 is 0 Å². The molecule has 0 aliphatic carbocycles. The highest BCUT2D eigenvalue weighted by molar-refractivity contribution is 5.77. The van der Waals surface area contributed by atoms with E-state index in [2.05, 4.69) is 9.58 Å². The van der Waals surface area contributed by atoms with Gasteiger partial charge in [0.05, 0.1) is 7.11 Å². The van der Waals surface area contributed by atoms with E-state index in [1.807, 2.05) is 0 Å². The molecular weight excluding hydrogens is 122 g/mol. The van der Waals surface area contributed by atoms with E-state index in [0.29, 0.717) is 0 Å². The molecule has 0 spiro atoms. The number of carbonyl (C=O) groups is 1. The molecular formula is C5H8NO3+. The molecule has 0 heterocycles. The lowest BCUT2D eigenvalue weighted by Crippen LogP contribution is -2.22. The number of carbonyl (C=O) groups excluding carboxylic acids is 1. The topological polar surface area (TPSA) is 50.9 Å². The number of methoxy groups -OCH3 is 1. The van der Waals surface area contributed by atoms with Crippen LogP contribution in [0.15, 0.2) is 0 Å². The van der Waals surface area contributed by atoms with Crippen LogP contribution in [0.25, 0.3) is 4.85 Å². The molecule has 4 heteroatoms. The third kappa shape index (κ3) is 2.11. The first kappa shape index (κ1) is 7.92. The maximum atomic E-state index is 10.4. The quantitative estimate of drug-likeness (QED) is 0.512. The Morgan fingerprint density at radius 2 is 2.56 bits per heavy atom. The van der Waals surface area contributed by atoms with Crippen molar-refractivity contribution in [3.8, 4) is 6.57 Å².